The van der Waals surface area contributed by atoms with Crippen molar-refractivity contribution in [1.29, 1.82) is 0 Å². The van der Waals surface area contributed by atoms with Crippen LogP contribution in [0.1, 0.15) is 35.3 Å². The van der Waals surface area contributed by atoms with E-state index in [0.29, 0.717) is 35.3 Å². The molecule has 32 heavy (non-hydrogen) atoms. The normalized spacial score (nSPS) is 10.5. The van der Waals surface area contributed by atoms with Crippen molar-refractivity contribution in [3.05, 3.63) is 77.5 Å². The minimum absolute atomic E-state index is 0.0173. The molecule has 0 saturated carbocycles. The summed E-state index contributed by atoms with van der Waals surface area (Å²) in [6.07, 6.45) is 1.64. The van der Waals surface area contributed by atoms with Crippen molar-refractivity contribution in [2.75, 3.05) is 14.2 Å². The van der Waals surface area contributed by atoms with Crippen LogP contribution in [0.5, 0.6) is 23.1 Å². The second-order valence-electron chi connectivity index (χ2n) is 7.30. The molecule has 0 aliphatic rings. The van der Waals surface area contributed by atoms with Crippen LogP contribution in [0, 0.1) is 0 Å². The van der Waals surface area contributed by atoms with Gasteiger partial charge in [0.05, 0.1) is 20.3 Å². The van der Waals surface area contributed by atoms with E-state index in [1.54, 1.807) is 24.4 Å². The summed E-state index contributed by atoms with van der Waals surface area (Å²) >= 11 is 0. The van der Waals surface area contributed by atoms with Gasteiger partial charge in [-0.25, -0.2) is 4.98 Å². The SMILES string of the molecule is COc1cc(C(=O)NCc2cccnc2OC(C)C)cc(OC)c1OCc1ccccc1. The largest absolute Gasteiger partial charge is 0.493 e. The Morgan fingerprint density at radius 3 is 2.31 bits per heavy atom. The van der Waals surface area contributed by atoms with Gasteiger partial charge in [-0.1, -0.05) is 36.4 Å². The van der Waals surface area contributed by atoms with Gasteiger partial charge in [0, 0.05) is 23.9 Å². The summed E-state index contributed by atoms with van der Waals surface area (Å²) in [6, 6.07) is 16.7. The molecule has 0 fully saturated rings. The smallest absolute Gasteiger partial charge is 0.251 e. The van der Waals surface area contributed by atoms with Crippen molar-refractivity contribution in [2.24, 2.45) is 0 Å². The Morgan fingerprint density at radius 1 is 1.00 bits per heavy atom. The molecular weight excluding hydrogens is 408 g/mol. The maximum Gasteiger partial charge on any atom is 0.251 e. The molecule has 0 atom stereocenters. The first kappa shape index (κ1) is 22.9. The molecule has 0 spiro atoms. The average molecular weight is 437 g/mol. The van der Waals surface area contributed by atoms with E-state index in [1.807, 2.05) is 50.2 Å². The third-order valence-corrected chi connectivity index (χ3v) is 4.59. The first-order valence-corrected chi connectivity index (χ1v) is 10.3. The predicted octanol–water partition coefficient (Wildman–Crippen LogP) is 4.40. The number of carbonyl (C=O) groups excluding carboxylic acids is 1. The predicted molar refractivity (Wildman–Crippen MR) is 121 cm³/mol. The highest BCUT2D eigenvalue weighted by molar-refractivity contribution is 5.95. The standard InChI is InChI=1S/C25H28N2O5/c1-17(2)32-25-19(11-8-12-26-25)15-27-24(28)20-13-21(29-3)23(22(14-20)30-4)31-16-18-9-6-5-7-10-18/h5-14,17H,15-16H2,1-4H3,(H,27,28). The Balaban J connectivity index is 1.75. The summed E-state index contributed by atoms with van der Waals surface area (Å²) in [7, 11) is 3.05. The van der Waals surface area contributed by atoms with Crippen LogP contribution in [-0.4, -0.2) is 31.2 Å². The van der Waals surface area contributed by atoms with Crippen molar-refractivity contribution in [1.82, 2.24) is 10.3 Å². The number of ether oxygens (including phenoxy) is 4. The van der Waals surface area contributed by atoms with E-state index >= 15 is 0 Å². The van der Waals surface area contributed by atoms with Crippen molar-refractivity contribution in [3.63, 3.8) is 0 Å². The summed E-state index contributed by atoms with van der Waals surface area (Å²) in [5.41, 5.74) is 2.19. The van der Waals surface area contributed by atoms with Gasteiger partial charge in [0.15, 0.2) is 11.5 Å². The molecule has 0 aliphatic heterocycles. The zero-order valence-electron chi connectivity index (χ0n) is 18.8. The Bertz CT molecular complexity index is 1010. The Kier molecular flexibility index (Phi) is 7.91. The van der Waals surface area contributed by atoms with E-state index in [-0.39, 0.29) is 18.6 Å². The highest BCUT2D eigenvalue weighted by Crippen LogP contribution is 2.39. The first-order valence-electron chi connectivity index (χ1n) is 10.3. The number of aromatic nitrogens is 1. The minimum Gasteiger partial charge on any atom is -0.493 e. The zero-order chi connectivity index (χ0) is 22.9. The number of benzene rings is 2. The molecule has 0 bridgehead atoms. The maximum atomic E-state index is 12.9. The molecule has 0 unspecified atom stereocenters. The molecule has 7 heteroatoms. The molecule has 0 radical (unpaired) electrons. The fraction of sp³-hybridized carbons (Fsp3) is 0.280. The number of methoxy groups -OCH3 is 2. The maximum absolute atomic E-state index is 12.9. The zero-order valence-corrected chi connectivity index (χ0v) is 18.8. The molecular formula is C25H28N2O5. The van der Waals surface area contributed by atoms with Crippen LogP contribution in [0.15, 0.2) is 60.8 Å². The van der Waals surface area contributed by atoms with Gasteiger partial charge in [-0.05, 0) is 37.6 Å². The van der Waals surface area contributed by atoms with E-state index in [1.165, 1.54) is 14.2 Å². The fourth-order valence-corrected chi connectivity index (χ4v) is 3.05. The molecule has 2 aromatic carbocycles. The fourth-order valence-electron chi connectivity index (χ4n) is 3.05. The third kappa shape index (κ3) is 5.91. The molecule has 1 heterocycles. The number of hydrogen-bond donors (Lipinski definition) is 1. The van der Waals surface area contributed by atoms with Gasteiger partial charge in [-0.15, -0.1) is 0 Å². The van der Waals surface area contributed by atoms with Gasteiger partial charge in [-0.3, -0.25) is 4.79 Å². The molecule has 7 nitrogen and oxygen atoms in total. The van der Waals surface area contributed by atoms with E-state index in [9.17, 15) is 4.79 Å². The highest BCUT2D eigenvalue weighted by atomic mass is 16.5. The lowest BCUT2D eigenvalue weighted by molar-refractivity contribution is 0.0949. The van der Waals surface area contributed by atoms with Crippen molar-refractivity contribution < 1.29 is 23.7 Å². The lowest BCUT2D eigenvalue weighted by Crippen LogP contribution is -2.24. The summed E-state index contributed by atoms with van der Waals surface area (Å²) in [5, 5.41) is 2.90. The minimum atomic E-state index is -0.282. The number of nitrogens with one attached hydrogen (secondary N) is 1. The molecule has 1 aromatic heterocycles. The number of hydrogen-bond acceptors (Lipinski definition) is 6. The third-order valence-electron chi connectivity index (χ3n) is 4.59. The second kappa shape index (κ2) is 11.0. The van der Waals surface area contributed by atoms with E-state index in [2.05, 4.69) is 10.3 Å². The molecule has 1 N–H and O–H groups in total. The summed E-state index contributed by atoms with van der Waals surface area (Å²) in [5.74, 6) is 1.49. The molecule has 3 aromatic rings. The van der Waals surface area contributed by atoms with Crippen LogP contribution in [0.25, 0.3) is 0 Å². The Morgan fingerprint density at radius 2 is 1.69 bits per heavy atom. The number of rotatable bonds is 10. The van der Waals surface area contributed by atoms with Crippen LogP contribution >= 0.6 is 0 Å². The Labute approximate surface area is 188 Å². The van der Waals surface area contributed by atoms with E-state index < -0.39 is 0 Å². The summed E-state index contributed by atoms with van der Waals surface area (Å²) < 4.78 is 22.6. The number of carbonyl (C=O) groups is 1. The van der Waals surface area contributed by atoms with Crippen LogP contribution in [0.3, 0.4) is 0 Å². The van der Waals surface area contributed by atoms with Crippen LogP contribution < -0.4 is 24.3 Å². The van der Waals surface area contributed by atoms with Gasteiger partial charge in [0.2, 0.25) is 11.6 Å². The van der Waals surface area contributed by atoms with Crippen molar-refractivity contribution >= 4 is 5.91 Å². The second-order valence-corrected chi connectivity index (χ2v) is 7.30. The molecule has 1 amide bonds. The lowest BCUT2D eigenvalue weighted by Gasteiger charge is -2.17. The van der Waals surface area contributed by atoms with Crippen LogP contribution in [0.2, 0.25) is 0 Å². The van der Waals surface area contributed by atoms with E-state index in [4.69, 9.17) is 18.9 Å². The molecule has 168 valence electrons. The number of amides is 1. The van der Waals surface area contributed by atoms with Crippen molar-refractivity contribution in [3.8, 4) is 23.1 Å². The highest BCUT2D eigenvalue weighted by Gasteiger charge is 2.18. The van der Waals surface area contributed by atoms with Gasteiger partial charge in [0.1, 0.15) is 6.61 Å². The van der Waals surface area contributed by atoms with Gasteiger partial charge >= 0.3 is 0 Å². The molecule has 0 saturated heterocycles. The number of nitrogens with zero attached hydrogens (tertiary/aromatic N) is 1. The topological polar surface area (TPSA) is 78.9 Å². The van der Waals surface area contributed by atoms with Crippen molar-refractivity contribution in [2.45, 2.75) is 33.1 Å². The quantitative estimate of drug-likeness (QED) is 0.508. The number of pyridine rings is 1. The van der Waals surface area contributed by atoms with Gasteiger partial charge < -0.3 is 24.3 Å². The Hall–Kier alpha value is -3.74. The molecule has 3 rings (SSSR count). The van der Waals surface area contributed by atoms with Gasteiger partial charge in [0.25, 0.3) is 5.91 Å². The average Bonchev–Trinajstić information content (AvgIpc) is 2.81. The molecule has 0 aliphatic carbocycles. The van der Waals surface area contributed by atoms with Crippen LogP contribution in [0.4, 0.5) is 0 Å². The van der Waals surface area contributed by atoms with Crippen LogP contribution in [-0.2, 0) is 13.2 Å². The monoisotopic (exact) mass is 436 g/mol. The lowest BCUT2D eigenvalue weighted by atomic mass is 10.1. The first-order chi connectivity index (χ1) is 15.5. The van der Waals surface area contributed by atoms with Gasteiger partial charge in [-0.2, -0.15) is 0 Å². The summed E-state index contributed by atoms with van der Waals surface area (Å²) in [6.45, 7) is 4.47. The van der Waals surface area contributed by atoms with E-state index in [0.717, 1.165) is 11.1 Å². The summed E-state index contributed by atoms with van der Waals surface area (Å²) in [4.78, 5) is 17.1.